The van der Waals surface area contributed by atoms with Crippen molar-refractivity contribution in [3.63, 3.8) is 0 Å². The highest BCUT2D eigenvalue weighted by atomic mass is 16.5. The largest absolute Gasteiger partial charge is 0.484 e. The first-order chi connectivity index (χ1) is 15.6. The Hall–Kier alpha value is -3.94. The number of para-hydroxylation sites is 1. The summed E-state index contributed by atoms with van der Waals surface area (Å²) >= 11 is 0. The fourth-order valence-corrected chi connectivity index (χ4v) is 3.58. The number of aromatic nitrogens is 1. The minimum Gasteiger partial charge on any atom is -0.484 e. The lowest BCUT2D eigenvalue weighted by atomic mass is 9.93. The number of hydrogen-bond acceptors (Lipinski definition) is 6. The van der Waals surface area contributed by atoms with Gasteiger partial charge >= 0.3 is 0 Å². The van der Waals surface area contributed by atoms with Crippen LogP contribution in [0.5, 0.6) is 5.75 Å². The minimum absolute atomic E-state index is 0.140. The number of aryl methyl sites for hydroxylation is 1. The Kier molecular flexibility index (Phi) is 6.60. The first-order valence-corrected chi connectivity index (χ1v) is 10.5. The molecular weight excluding hydrogens is 408 g/mol. The van der Waals surface area contributed by atoms with E-state index in [1.807, 2.05) is 43.3 Å². The summed E-state index contributed by atoms with van der Waals surface area (Å²) in [6, 6.07) is 14.6. The molecule has 0 aliphatic heterocycles. The van der Waals surface area contributed by atoms with Crippen molar-refractivity contribution in [2.75, 3.05) is 6.61 Å². The molecule has 1 aliphatic rings. The molecule has 2 heterocycles. The Labute approximate surface area is 185 Å². The van der Waals surface area contributed by atoms with E-state index in [1.54, 1.807) is 18.3 Å². The van der Waals surface area contributed by atoms with Crippen LogP contribution in [0, 0.1) is 6.92 Å². The molecule has 2 aromatic heterocycles. The van der Waals surface area contributed by atoms with Crippen LogP contribution in [0.25, 0.3) is 0 Å². The van der Waals surface area contributed by atoms with Crippen LogP contribution in [-0.4, -0.2) is 29.1 Å². The molecule has 1 aromatic carbocycles. The molecule has 0 radical (unpaired) electrons. The number of fused-ring (bicyclic) bond motifs is 1. The predicted octanol–water partition coefficient (Wildman–Crippen LogP) is 3.15. The molecule has 0 atom stereocenters. The van der Waals surface area contributed by atoms with Crippen molar-refractivity contribution in [1.82, 2.24) is 15.7 Å². The zero-order chi connectivity index (χ0) is 22.3. The van der Waals surface area contributed by atoms with E-state index < -0.39 is 0 Å². The number of rotatable bonds is 7. The Morgan fingerprint density at radius 2 is 1.94 bits per heavy atom. The second-order valence-electron chi connectivity index (χ2n) is 7.41. The van der Waals surface area contributed by atoms with Gasteiger partial charge in [-0.15, -0.1) is 0 Å². The molecule has 3 aromatic rings. The van der Waals surface area contributed by atoms with E-state index in [1.165, 1.54) is 0 Å². The number of pyridine rings is 1. The van der Waals surface area contributed by atoms with E-state index in [9.17, 15) is 9.59 Å². The molecular formula is C24H24N4O4. The second-order valence-corrected chi connectivity index (χ2v) is 7.41. The summed E-state index contributed by atoms with van der Waals surface area (Å²) in [6.07, 6.45) is 3.90. The maximum Gasteiger partial charge on any atom is 0.287 e. The van der Waals surface area contributed by atoms with Crippen molar-refractivity contribution in [1.29, 1.82) is 0 Å². The summed E-state index contributed by atoms with van der Waals surface area (Å²) in [4.78, 5) is 29.0. The highest BCUT2D eigenvalue weighted by molar-refractivity contribution is 6.06. The number of carbonyl (C=O) groups is 2. The van der Waals surface area contributed by atoms with Gasteiger partial charge in [0.05, 0.1) is 18.0 Å². The van der Waals surface area contributed by atoms with Crippen molar-refractivity contribution < 1.29 is 18.7 Å². The van der Waals surface area contributed by atoms with Crippen LogP contribution >= 0.6 is 0 Å². The highest BCUT2D eigenvalue weighted by Gasteiger charge is 2.28. The number of nitrogens with one attached hydrogen (secondary N) is 2. The van der Waals surface area contributed by atoms with Gasteiger partial charge in [0.1, 0.15) is 11.5 Å². The molecule has 164 valence electrons. The van der Waals surface area contributed by atoms with Crippen molar-refractivity contribution in [3.8, 4) is 5.75 Å². The van der Waals surface area contributed by atoms with Crippen molar-refractivity contribution in [2.24, 2.45) is 5.10 Å². The maximum atomic E-state index is 12.7. The van der Waals surface area contributed by atoms with Crippen LogP contribution in [0.1, 0.15) is 46.0 Å². The highest BCUT2D eigenvalue weighted by Crippen LogP contribution is 2.29. The third kappa shape index (κ3) is 5.03. The number of ether oxygens (including phenoxy) is 1. The lowest BCUT2D eigenvalue weighted by Crippen LogP contribution is -2.27. The standard InChI is InChI=1S/C24H24N4O4/c1-16-22-19(27-28-21(29)15-31-18-9-3-2-4-10-18)11-7-12-20(22)32-23(16)24(30)26-14-17-8-5-6-13-25-17/h2-6,8-10,13H,7,11-12,14-15H2,1H3,(H,26,30)(H,28,29)/b27-19+. The number of hydrazone groups is 1. The molecule has 0 unspecified atom stereocenters. The van der Waals surface area contributed by atoms with E-state index in [4.69, 9.17) is 9.15 Å². The average molecular weight is 432 g/mol. The minimum atomic E-state index is -0.358. The Bertz CT molecular complexity index is 1120. The molecule has 0 bridgehead atoms. The molecule has 32 heavy (non-hydrogen) atoms. The van der Waals surface area contributed by atoms with Gasteiger partial charge in [-0.2, -0.15) is 5.10 Å². The van der Waals surface area contributed by atoms with Gasteiger partial charge in [0.2, 0.25) is 0 Å². The lowest BCUT2D eigenvalue weighted by Gasteiger charge is -2.13. The molecule has 0 fully saturated rings. The summed E-state index contributed by atoms with van der Waals surface area (Å²) in [5.74, 6) is 0.928. The Balaban J connectivity index is 1.42. The zero-order valence-electron chi connectivity index (χ0n) is 17.8. The summed E-state index contributed by atoms with van der Waals surface area (Å²) in [7, 11) is 0. The molecule has 8 nitrogen and oxygen atoms in total. The van der Waals surface area contributed by atoms with E-state index in [0.29, 0.717) is 42.2 Å². The van der Waals surface area contributed by atoms with Crippen LogP contribution in [0.4, 0.5) is 0 Å². The van der Waals surface area contributed by atoms with Crippen LogP contribution in [-0.2, 0) is 17.8 Å². The monoisotopic (exact) mass is 432 g/mol. The first-order valence-electron chi connectivity index (χ1n) is 10.5. The Morgan fingerprint density at radius 1 is 1.12 bits per heavy atom. The number of hydrogen-bond donors (Lipinski definition) is 2. The van der Waals surface area contributed by atoms with Gasteiger partial charge in [-0.1, -0.05) is 24.3 Å². The number of carbonyl (C=O) groups excluding carboxylic acids is 2. The molecule has 8 heteroatoms. The Morgan fingerprint density at radius 3 is 2.72 bits per heavy atom. The number of nitrogens with zero attached hydrogens (tertiary/aromatic N) is 2. The van der Waals surface area contributed by atoms with Gasteiger partial charge < -0.3 is 14.5 Å². The topological polar surface area (TPSA) is 106 Å². The molecule has 2 amide bonds. The lowest BCUT2D eigenvalue weighted by molar-refractivity contribution is -0.123. The second kappa shape index (κ2) is 9.91. The predicted molar refractivity (Wildman–Crippen MR) is 118 cm³/mol. The van der Waals surface area contributed by atoms with Crippen LogP contribution in [0.15, 0.2) is 64.2 Å². The van der Waals surface area contributed by atoms with Crippen molar-refractivity contribution in [2.45, 2.75) is 32.7 Å². The van der Waals surface area contributed by atoms with Gasteiger partial charge in [-0.25, -0.2) is 5.43 Å². The maximum absolute atomic E-state index is 12.7. The third-order valence-corrected chi connectivity index (χ3v) is 5.12. The quantitative estimate of drug-likeness (QED) is 0.558. The van der Waals surface area contributed by atoms with E-state index in [2.05, 4.69) is 20.8 Å². The summed E-state index contributed by atoms with van der Waals surface area (Å²) in [5.41, 5.74) is 5.52. The van der Waals surface area contributed by atoms with Gasteiger partial charge in [0.25, 0.3) is 11.8 Å². The molecule has 4 rings (SSSR count). The molecule has 2 N–H and O–H groups in total. The van der Waals surface area contributed by atoms with E-state index in [-0.39, 0.29) is 24.2 Å². The molecule has 0 saturated carbocycles. The number of furan rings is 1. The zero-order valence-corrected chi connectivity index (χ0v) is 17.8. The van der Waals surface area contributed by atoms with E-state index in [0.717, 1.165) is 17.7 Å². The third-order valence-electron chi connectivity index (χ3n) is 5.12. The van der Waals surface area contributed by atoms with Gasteiger partial charge in [0.15, 0.2) is 12.4 Å². The fourth-order valence-electron chi connectivity index (χ4n) is 3.58. The van der Waals surface area contributed by atoms with Gasteiger partial charge in [-0.05, 0) is 44.0 Å². The van der Waals surface area contributed by atoms with Crippen LogP contribution < -0.4 is 15.5 Å². The van der Waals surface area contributed by atoms with Gasteiger partial charge in [0, 0.05) is 23.7 Å². The van der Waals surface area contributed by atoms with Crippen molar-refractivity contribution >= 4 is 17.5 Å². The number of amides is 2. The molecule has 0 saturated heterocycles. The van der Waals surface area contributed by atoms with E-state index >= 15 is 0 Å². The molecule has 0 spiro atoms. The van der Waals surface area contributed by atoms with Gasteiger partial charge in [-0.3, -0.25) is 14.6 Å². The summed E-state index contributed by atoms with van der Waals surface area (Å²) in [5, 5.41) is 7.14. The van der Waals surface area contributed by atoms with Crippen LogP contribution in [0.2, 0.25) is 0 Å². The van der Waals surface area contributed by atoms with Crippen LogP contribution in [0.3, 0.4) is 0 Å². The fraction of sp³-hybridized carbons (Fsp3) is 0.250. The van der Waals surface area contributed by atoms with Crippen molar-refractivity contribution in [3.05, 3.63) is 83.1 Å². The average Bonchev–Trinajstić information content (AvgIpc) is 3.18. The normalized spacial score (nSPS) is 14.0. The molecule has 1 aliphatic carbocycles. The smallest absolute Gasteiger partial charge is 0.287 e. The summed E-state index contributed by atoms with van der Waals surface area (Å²) < 4.78 is 11.3. The first kappa shape index (κ1) is 21.3. The summed E-state index contributed by atoms with van der Waals surface area (Å²) in [6.45, 7) is 2.00. The number of benzene rings is 1. The SMILES string of the molecule is Cc1c(C(=O)NCc2ccccn2)oc2c1/C(=N/NC(=O)COc1ccccc1)CCC2.